The monoisotopic (exact) mass is 470 g/mol. The zero-order chi connectivity index (χ0) is 24.7. The van der Waals surface area contributed by atoms with Gasteiger partial charge in [-0.05, 0) is 46.1 Å². The lowest BCUT2D eigenvalue weighted by molar-refractivity contribution is -0.138. The molecule has 2 aromatic carbocycles. The van der Waals surface area contributed by atoms with Crippen LogP contribution in [0.25, 0.3) is 10.9 Å². The van der Waals surface area contributed by atoms with Crippen LogP contribution < -0.4 is 5.73 Å². The summed E-state index contributed by atoms with van der Waals surface area (Å²) in [4.78, 5) is 11.7. The number of fused-ring (bicyclic) bond motifs is 1. The maximum Gasteiger partial charge on any atom is 0.320 e. The van der Waals surface area contributed by atoms with Crippen molar-refractivity contribution in [2.24, 2.45) is 5.73 Å². The van der Waals surface area contributed by atoms with E-state index in [4.69, 9.17) is 5.73 Å². The second-order valence-electron chi connectivity index (χ2n) is 9.61. The first-order valence-corrected chi connectivity index (χ1v) is 12.8. The van der Waals surface area contributed by atoms with Crippen LogP contribution in [0.3, 0.4) is 0 Å². The van der Waals surface area contributed by atoms with Gasteiger partial charge in [-0.2, -0.15) is 0 Å². The first kappa shape index (κ1) is 25.0. The van der Waals surface area contributed by atoms with Crippen LogP contribution in [-0.2, 0) is 21.2 Å². The number of nitrogens with zero attached hydrogens (tertiary/aromatic N) is 1. The Morgan fingerprint density at radius 3 is 2.00 bits per heavy atom. The molecule has 178 valence electrons. The Balaban J connectivity index is 2.34. The normalized spacial score (nSPS) is 13.4. The van der Waals surface area contributed by atoms with E-state index in [1.54, 1.807) is 18.2 Å². The largest absolute Gasteiger partial charge is 0.480 e. The van der Waals surface area contributed by atoms with Gasteiger partial charge in [0.05, 0.1) is 10.4 Å². The maximum atomic E-state index is 14.2. The van der Waals surface area contributed by atoms with Gasteiger partial charge in [0.1, 0.15) is 6.04 Å². The quantitative estimate of drug-likeness (QED) is 0.471. The number of carboxylic acids is 1. The van der Waals surface area contributed by atoms with Gasteiger partial charge in [0.25, 0.3) is 10.0 Å². The summed E-state index contributed by atoms with van der Waals surface area (Å²) in [6.45, 7) is 12.2. The van der Waals surface area contributed by atoms with Gasteiger partial charge in [-0.15, -0.1) is 0 Å². The van der Waals surface area contributed by atoms with E-state index in [0.29, 0.717) is 21.4 Å². The smallest absolute Gasteiger partial charge is 0.320 e. The summed E-state index contributed by atoms with van der Waals surface area (Å²) in [7, 11) is -3.97. The molecular weight excluding hydrogens is 436 g/mol. The van der Waals surface area contributed by atoms with Crippen LogP contribution in [0.5, 0.6) is 0 Å². The molecule has 0 bridgehead atoms. The summed E-state index contributed by atoms with van der Waals surface area (Å²) < 4.78 is 29.8. The lowest BCUT2D eigenvalue weighted by Crippen LogP contribution is -2.32. The molecule has 0 saturated carbocycles. The molecule has 33 heavy (non-hydrogen) atoms. The highest BCUT2D eigenvalue weighted by Gasteiger charge is 2.30. The lowest BCUT2D eigenvalue weighted by atomic mass is 9.89. The molecule has 1 atom stereocenters. The highest BCUT2D eigenvalue weighted by atomic mass is 32.2. The molecule has 3 N–H and O–H groups in total. The third-order valence-electron chi connectivity index (χ3n) is 6.11. The Hall–Kier alpha value is -2.64. The first-order chi connectivity index (χ1) is 15.4. The van der Waals surface area contributed by atoms with Crippen molar-refractivity contribution in [1.82, 2.24) is 3.97 Å². The van der Waals surface area contributed by atoms with Gasteiger partial charge >= 0.3 is 5.97 Å². The molecule has 7 heteroatoms. The zero-order valence-electron chi connectivity index (χ0n) is 20.2. The Morgan fingerprint density at radius 1 is 0.970 bits per heavy atom. The molecule has 0 radical (unpaired) electrons. The predicted octanol–water partition coefficient (Wildman–Crippen LogP) is 5.20. The molecule has 0 aliphatic carbocycles. The van der Waals surface area contributed by atoms with Crippen molar-refractivity contribution in [1.29, 1.82) is 0 Å². The van der Waals surface area contributed by atoms with E-state index in [2.05, 4.69) is 13.8 Å². The number of hydrogen-bond donors (Lipinski definition) is 2. The zero-order valence-corrected chi connectivity index (χ0v) is 21.0. The van der Waals surface area contributed by atoms with Gasteiger partial charge in [-0.25, -0.2) is 12.4 Å². The summed E-state index contributed by atoms with van der Waals surface area (Å²) in [5.74, 6) is -0.836. The minimum absolute atomic E-state index is 0.00713. The van der Waals surface area contributed by atoms with Crippen molar-refractivity contribution in [2.45, 2.75) is 76.7 Å². The van der Waals surface area contributed by atoms with Gasteiger partial charge < -0.3 is 10.8 Å². The molecule has 1 heterocycles. The summed E-state index contributed by atoms with van der Waals surface area (Å²) >= 11 is 0. The van der Waals surface area contributed by atoms with Gasteiger partial charge in [0.2, 0.25) is 0 Å². The maximum absolute atomic E-state index is 14.2. The molecule has 3 rings (SSSR count). The molecule has 0 saturated heterocycles. The predicted molar refractivity (Wildman–Crippen MR) is 133 cm³/mol. The highest BCUT2D eigenvalue weighted by molar-refractivity contribution is 7.90. The van der Waals surface area contributed by atoms with Crippen LogP contribution >= 0.6 is 0 Å². The summed E-state index contributed by atoms with van der Waals surface area (Å²) in [5, 5.41) is 9.96. The molecule has 0 spiro atoms. The van der Waals surface area contributed by atoms with Gasteiger partial charge in [0.15, 0.2) is 0 Å². The lowest BCUT2D eigenvalue weighted by Gasteiger charge is -2.23. The fourth-order valence-electron chi connectivity index (χ4n) is 4.19. The van der Waals surface area contributed by atoms with Crippen molar-refractivity contribution in [2.75, 3.05) is 0 Å². The van der Waals surface area contributed by atoms with E-state index in [-0.39, 0.29) is 24.2 Å². The highest BCUT2D eigenvalue weighted by Crippen LogP contribution is 2.37. The summed E-state index contributed by atoms with van der Waals surface area (Å²) in [5.41, 5.74) is 9.61. The summed E-state index contributed by atoms with van der Waals surface area (Å²) in [6, 6.07) is 10.1. The number of aromatic nitrogens is 1. The topological polar surface area (TPSA) is 102 Å². The van der Waals surface area contributed by atoms with E-state index in [1.165, 1.54) is 10.2 Å². The van der Waals surface area contributed by atoms with Crippen molar-refractivity contribution < 1.29 is 18.3 Å². The minimum atomic E-state index is -3.97. The van der Waals surface area contributed by atoms with Crippen LogP contribution in [0, 0.1) is 0 Å². The van der Waals surface area contributed by atoms with Crippen LogP contribution in [0.1, 0.15) is 81.5 Å². The SMILES string of the molecule is CC(C)c1cc(C(C)C)c(S(=O)(=O)n2cc(CC(N)C(=O)O)c3ccccc32)c(C(C)C)c1. The molecule has 1 aromatic heterocycles. The average Bonchev–Trinajstić information content (AvgIpc) is 3.11. The van der Waals surface area contributed by atoms with Crippen LogP contribution in [0.2, 0.25) is 0 Å². The first-order valence-electron chi connectivity index (χ1n) is 11.4. The number of aliphatic carboxylic acids is 1. The van der Waals surface area contributed by atoms with Crippen molar-refractivity contribution >= 4 is 26.9 Å². The molecular formula is C26H34N2O4S. The molecule has 0 fully saturated rings. The van der Waals surface area contributed by atoms with Crippen molar-refractivity contribution in [3.8, 4) is 0 Å². The van der Waals surface area contributed by atoms with Crippen LogP contribution in [0.4, 0.5) is 0 Å². The molecule has 0 aliphatic rings. The summed E-state index contributed by atoms with van der Waals surface area (Å²) in [6.07, 6.45) is 1.58. The van der Waals surface area contributed by atoms with Crippen LogP contribution in [0.15, 0.2) is 47.5 Å². The van der Waals surface area contributed by atoms with E-state index in [1.807, 2.05) is 45.9 Å². The third-order valence-corrected chi connectivity index (χ3v) is 7.92. The molecule has 6 nitrogen and oxygen atoms in total. The average molecular weight is 471 g/mol. The van der Waals surface area contributed by atoms with E-state index in [9.17, 15) is 18.3 Å². The second-order valence-corrected chi connectivity index (χ2v) is 11.4. The number of nitrogens with two attached hydrogens (primary N) is 1. The molecule has 1 unspecified atom stereocenters. The standard InChI is InChI=1S/C26H34N2O4S/c1-15(2)18-11-21(16(3)4)25(22(12-18)17(5)6)33(31,32)28-14-19(13-23(27)26(29)30)20-9-7-8-10-24(20)28/h7-12,14-17,23H,13,27H2,1-6H3,(H,29,30). The number of carbonyl (C=O) groups is 1. The van der Waals surface area contributed by atoms with Gasteiger partial charge in [-0.3, -0.25) is 4.79 Å². The fraction of sp³-hybridized carbons (Fsp3) is 0.423. The molecule has 0 aliphatic heterocycles. The number of para-hydroxylation sites is 1. The van der Waals surface area contributed by atoms with E-state index >= 15 is 0 Å². The second kappa shape index (κ2) is 9.31. The molecule has 0 amide bonds. The molecule has 3 aromatic rings. The van der Waals surface area contributed by atoms with Gasteiger partial charge in [0, 0.05) is 18.0 Å². The number of benzene rings is 2. The number of rotatable bonds is 8. The Kier molecular flexibility index (Phi) is 7.05. The Morgan fingerprint density at radius 2 is 1.52 bits per heavy atom. The minimum Gasteiger partial charge on any atom is -0.480 e. The van der Waals surface area contributed by atoms with Gasteiger partial charge in [-0.1, -0.05) is 71.9 Å². The number of hydrogen-bond acceptors (Lipinski definition) is 4. The Labute approximate surface area is 196 Å². The van der Waals surface area contributed by atoms with Crippen molar-refractivity contribution in [3.63, 3.8) is 0 Å². The van der Waals surface area contributed by atoms with Crippen LogP contribution in [-0.4, -0.2) is 29.5 Å². The van der Waals surface area contributed by atoms with E-state index in [0.717, 1.165) is 16.7 Å². The fourth-order valence-corrected chi connectivity index (χ4v) is 6.26. The Bertz CT molecular complexity index is 1260. The third kappa shape index (κ3) is 4.70. The van der Waals surface area contributed by atoms with E-state index < -0.39 is 22.0 Å². The van der Waals surface area contributed by atoms with Crippen molar-refractivity contribution in [3.05, 3.63) is 64.8 Å². The number of carboxylic acid groups (broad SMARTS) is 1.